The number of aryl methyl sites for hydroxylation is 1. The number of hydrogen-bond donors (Lipinski definition) is 1. The Bertz CT molecular complexity index is 969. The molecule has 1 fully saturated rings. The number of aliphatic hydroxyl groups is 1. The number of likely N-dealkylation sites (tertiary alicyclic amines) is 1. The summed E-state index contributed by atoms with van der Waals surface area (Å²) in [4.78, 5) is 26.8. The van der Waals surface area contributed by atoms with Crippen molar-refractivity contribution in [3.05, 3.63) is 76.4 Å². The first-order valence-corrected chi connectivity index (χ1v) is 9.14. The zero-order valence-electron chi connectivity index (χ0n) is 16.1. The number of Topliss-reactive ketones (excluding diaryl/α,β-unsaturated/α-hetero) is 1. The summed E-state index contributed by atoms with van der Waals surface area (Å²) in [5.41, 5.74) is 0.904. The molecule has 1 atom stereocenters. The predicted molar refractivity (Wildman–Crippen MR) is 103 cm³/mol. The summed E-state index contributed by atoms with van der Waals surface area (Å²) in [5.74, 6) is -2.89. The highest BCUT2D eigenvalue weighted by molar-refractivity contribution is 6.46. The molecular formula is C22H21F2NO4. The third-order valence-corrected chi connectivity index (χ3v) is 4.90. The van der Waals surface area contributed by atoms with Crippen molar-refractivity contribution in [1.82, 2.24) is 4.90 Å². The molecule has 29 heavy (non-hydrogen) atoms. The monoisotopic (exact) mass is 401 g/mol. The normalized spacial score (nSPS) is 18.5. The molecule has 7 heteroatoms. The Hall–Kier alpha value is -3.06. The maximum atomic E-state index is 13.6. The number of methoxy groups -OCH3 is 1. The molecule has 5 nitrogen and oxygen atoms in total. The van der Waals surface area contributed by atoms with Crippen LogP contribution < -0.4 is 0 Å². The van der Waals surface area contributed by atoms with E-state index in [1.807, 2.05) is 0 Å². The van der Waals surface area contributed by atoms with E-state index in [1.165, 1.54) is 61.4 Å². The number of amides is 1. The van der Waals surface area contributed by atoms with Crippen molar-refractivity contribution in [2.24, 2.45) is 0 Å². The molecule has 2 aromatic rings. The molecule has 3 rings (SSSR count). The number of ether oxygens (including phenoxy) is 1. The second kappa shape index (κ2) is 8.53. The molecule has 0 bridgehead atoms. The summed E-state index contributed by atoms with van der Waals surface area (Å²) in [7, 11) is 1.53. The lowest BCUT2D eigenvalue weighted by Crippen LogP contribution is -2.31. The molecule has 1 heterocycles. The van der Waals surface area contributed by atoms with E-state index in [4.69, 9.17) is 4.74 Å². The molecule has 0 aliphatic carbocycles. The van der Waals surface area contributed by atoms with E-state index in [1.54, 1.807) is 0 Å². The van der Waals surface area contributed by atoms with Gasteiger partial charge in [-0.2, -0.15) is 0 Å². The quantitative estimate of drug-likeness (QED) is 0.347. The number of aliphatic hydroxyl groups excluding tert-OH is 1. The highest BCUT2D eigenvalue weighted by Crippen LogP contribution is 2.39. The summed E-state index contributed by atoms with van der Waals surface area (Å²) < 4.78 is 32.1. The second-order valence-corrected chi connectivity index (χ2v) is 6.85. The first kappa shape index (κ1) is 20.7. The van der Waals surface area contributed by atoms with Gasteiger partial charge in [0.2, 0.25) is 0 Å². The zero-order chi connectivity index (χ0) is 21.1. The fraction of sp³-hybridized carbons (Fsp3) is 0.273. The molecule has 0 spiro atoms. The fourth-order valence-corrected chi connectivity index (χ4v) is 3.43. The van der Waals surface area contributed by atoms with E-state index in [0.29, 0.717) is 24.2 Å². The molecular weight excluding hydrogens is 380 g/mol. The highest BCUT2D eigenvalue weighted by Gasteiger charge is 2.45. The molecule has 1 aliphatic rings. The lowest BCUT2D eigenvalue weighted by Gasteiger charge is -2.25. The Morgan fingerprint density at radius 2 is 1.83 bits per heavy atom. The van der Waals surface area contributed by atoms with Crippen molar-refractivity contribution < 1.29 is 28.2 Å². The maximum Gasteiger partial charge on any atom is 0.295 e. The van der Waals surface area contributed by atoms with Crippen LogP contribution in [0.4, 0.5) is 8.78 Å². The Labute approximate surface area is 167 Å². The fourth-order valence-electron chi connectivity index (χ4n) is 3.43. The largest absolute Gasteiger partial charge is 0.507 e. The van der Waals surface area contributed by atoms with E-state index in [0.717, 1.165) is 0 Å². The van der Waals surface area contributed by atoms with Crippen LogP contribution in [0.3, 0.4) is 0 Å². The van der Waals surface area contributed by atoms with Gasteiger partial charge in [0.15, 0.2) is 0 Å². The minimum Gasteiger partial charge on any atom is -0.507 e. The van der Waals surface area contributed by atoms with Crippen molar-refractivity contribution in [1.29, 1.82) is 0 Å². The maximum absolute atomic E-state index is 13.6. The molecule has 0 aromatic heterocycles. The van der Waals surface area contributed by atoms with Gasteiger partial charge in [0.05, 0.1) is 11.6 Å². The predicted octanol–water partition coefficient (Wildman–Crippen LogP) is 3.73. The molecule has 152 valence electrons. The Morgan fingerprint density at radius 1 is 1.14 bits per heavy atom. The van der Waals surface area contributed by atoms with Crippen LogP contribution in [-0.4, -0.2) is 42.0 Å². The van der Waals surface area contributed by atoms with E-state index in [-0.39, 0.29) is 17.7 Å². The van der Waals surface area contributed by atoms with Crippen molar-refractivity contribution in [3.8, 4) is 0 Å². The average Bonchev–Trinajstić information content (AvgIpc) is 2.95. The van der Waals surface area contributed by atoms with E-state index in [2.05, 4.69) is 0 Å². The molecule has 1 aliphatic heterocycles. The SMILES string of the molecule is COCCCN1C(=O)C(=O)/C(=C(\O)c2ccc(F)c(C)c2)C1c1ccc(F)cc1. The highest BCUT2D eigenvalue weighted by atomic mass is 19.1. The molecule has 0 saturated carbocycles. The van der Waals surface area contributed by atoms with Gasteiger partial charge in [-0.05, 0) is 54.8 Å². The van der Waals surface area contributed by atoms with Gasteiger partial charge >= 0.3 is 0 Å². The van der Waals surface area contributed by atoms with Crippen molar-refractivity contribution in [3.63, 3.8) is 0 Å². The lowest BCUT2D eigenvalue weighted by atomic mass is 9.95. The smallest absolute Gasteiger partial charge is 0.295 e. The van der Waals surface area contributed by atoms with Crippen molar-refractivity contribution in [2.45, 2.75) is 19.4 Å². The number of carbonyl (C=O) groups excluding carboxylic acids is 2. The molecule has 1 N–H and O–H groups in total. The summed E-state index contributed by atoms with van der Waals surface area (Å²) in [6, 6.07) is 8.46. The third-order valence-electron chi connectivity index (χ3n) is 4.90. The van der Waals surface area contributed by atoms with Gasteiger partial charge in [-0.3, -0.25) is 9.59 Å². The number of ketones is 1. The minimum atomic E-state index is -0.877. The van der Waals surface area contributed by atoms with Crippen LogP contribution in [0.5, 0.6) is 0 Å². The second-order valence-electron chi connectivity index (χ2n) is 6.85. The van der Waals surface area contributed by atoms with Gasteiger partial charge in [0.25, 0.3) is 11.7 Å². The van der Waals surface area contributed by atoms with E-state index < -0.39 is 35.1 Å². The van der Waals surface area contributed by atoms with Gasteiger partial charge < -0.3 is 14.7 Å². The molecule has 2 aromatic carbocycles. The Balaban J connectivity index is 2.13. The van der Waals surface area contributed by atoms with E-state index >= 15 is 0 Å². The number of rotatable bonds is 6. The van der Waals surface area contributed by atoms with Crippen LogP contribution in [0, 0.1) is 18.6 Å². The van der Waals surface area contributed by atoms with Crippen LogP contribution in [0.25, 0.3) is 5.76 Å². The van der Waals surface area contributed by atoms with Crippen LogP contribution >= 0.6 is 0 Å². The number of benzene rings is 2. The molecule has 1 amide bonds. The van der Waals surface area contributed by atoms with Crippen molar-refractivity contribution in [2.75, 3.05) is 20.3 Å². The van der Waals surface area contributed by atoms with E-state index in [9.17, 15) is 23.5 Å². The molecule has 0 radical (unpaired) electrons. The first-order valence-electron chi connectivity index (χ1n) is 9.14. The topological polar surface area (TPSA) is 66.8 Å². The summed E-state index contributed by atoms with van der Waals surface area (Å²) in [5, 5.41) is 10.9. The van der Waals surface area contributed by atoms with Crippen LogP contribution in [0.1, 0.15) is 29.2 Å². The number of nitrogens with zero attached hydrogens (tertiary/aromatic N) is 1. The third kappa shape index (κ3) is 4.05. The Kier molecular flexibility index (Phi) is 6.08. The van der Waals surface area contributed by atoms with Gasteiger partial charge in [0, 0.05) is 25.8 Å². The summed E-state index contributed by atoms with van der Waals surface area (Å²) >= 11 is 0. The first-order chi connectivity index (χ1) is 13.8. The number of hydrogen-bond acceptors (Lipinski definition) is 4. The summed E-state index contributed by atoms with van der Waals surface area (Å²) in [6.07, 6.45) is 0.483. The van der Waals surface area contributed by atoms with Gasteiger partial charge in [-0.25, -0.2) is 8.78 Å². The van der Waals surface area contributed by atoms with Gasteiger partial charge in [-0.15, -0.1) is 0 Å². The van der Waals surface area contributed by atoms with Crippen LogP contribution in [0.15, 0.2) is 48.0 Å². The molecule has 1 saturated heterocycles. The van der Waals surface area contributed by atoms with Crippen LogP contribution in [0.2, 0.25) is 0 Å². The standard InChI is InChI=1S/C22H21F2NO4/c1-13-12-15(6-9-17(13)24)20(26)18-19(14-4-7-16(23)8-5-14)25(10-3-11-29-2)22(28)21(18)27/h4-9,12,19,26H,3,10-11H2,1-2H3/b20-18-. The van der Waals surface area contributed by atoms with Crippen LogP contribution in [-0.2, 0) is 14.3 Å². The number of halogens is 2. The summed E-state index contributed by atoms with van der Waals surface area (Å²) in [6.45, 7) is 2.14. The van der Waals surface area contributed by atoms with Gasteiger partial charge in [-0.1, -0.05) is 12.1 Å². The minimum absolute atomic E-state index is 0.106. The zero-order valence-corrected chi connectivity index (χ0v) is 16.1. The number of carbonyl (C=O) groups is 2. The Morgan fingerprint density at radius 3 is 2.45 bits per heavy atom. The lowest BCUT2D eigenvalue weighted by molar-refractivity contribution is -0.140. The van der Waals surface area contributed by atoms with Crippen molar-refractivity contribution >= 4 is 17.4 Å². The molecule has 1 unspecified atom stereocenters. The average molecular weight is 401 g/mol. The van der Waals surface area contributed by atoms with Gasteiger partial charge in [0.1, 0.15) is 17.4 Å².